The molecule has 2 heterocycles. The van der Waals surface area contributed by atoms with Gasteiger partial charge in [-0.3, -0.25) is 4.98 Å². The molecule has 0 spiro atoms. The van der Waals surface area contributed by atoms with Gasteiger partial charge in [0.05, 0.1) is 16.7 Å². The second-order valence-corrected chi connectivity index (χ2v) is 7.61. The van der Waals surface area contributed by atoms with Gasteiger partial charge in [0.15, 0.2) is 0 Å². The summed E-state index contributed by atoms with van der Waals surface area (Å²) in [7, 11) is 0. The minimum absolute atomic E-state index is 0.634. The Bertz CT molecular complexity index is 944. The molecule has 1 aromatic heterocycles. The van der Waals surface area contributed by atoms with Crippen LogP contribution in [0.3, 0.4) is 0 Å². The van der Waals surface area contributed by atoms with E-state index < -0.39 is 0 Å². The molecule has 0 saturated carbocycles. The summed E-state index contributed by atoms with van der Waals surface area (Å²) in [5.41, 5.74) is 11.1. The van der Waals surface area contributed by atoms with Crippen molar-refractivity contribution in [1.82, 2.24) is 9.97 Å². The van der Waals surface area contributed by atoms with Crippen molar-refractivity contribution in [1.29, 1.82) is 0 Å². The fraction of sp³-hybridized carbons (Fsp3) is 0.391. The quantitative estimate of drug-likeness (QED) is 0.575. The van der Waals surface area contributed by atoms with Crippen LogP contribution in [0.25, 0.3) is 11.0 Å². The van der Waals surface area contributed by atoms with Gasteiger partial charge in [-0.1, -0.05) is 6.07 Å². The van der Waals surface area contributed by atoms with Crippen molar-refractivity contribution >= 4 is 16.7 Å². The highest BCUT2D eigenvalue weighted by Crippen LogP contribution is 2.27. The van der Waals surface area contributed by atoms with Crippen molar-refractivity contribution in [2.45, 2.75) is 60.4 Å². The molecule has 3 nitrogen and oxygen atoms in total. The van der Waals surface area contributed by atoms with Crippen LogP contribution in [0.4, 0.5) is 5.69 Å². The first-order valence-electron chi connectivity index (χ1n) is 9.40. The highest BCUT2D eigenvalue weighted by atomic mass is 14.9. The third-order valence-corrected chi connectivity index (χ3v) is 5.25. The summed E-state index contributed by atoms with van der Waals surface area (Å²) in [4.78, 5) is 8.74. The molecule has 0 aliphatic carbocycles. The van der Waals surface area contributed by atoms with Gasteiger partial charge in [0.25, 0.3) is 0 Å². The Hall–Kier alpha value is -2.42. The third kappa shape index (κ3) is 4.04. The number of nitrogens with one attached hydrogen (secondary N) is 1. The summed E-state index contributed by atoms with van der Waals surface area (Å²) in [6.45, 7) is 12.8. The maximum absolute atomic E-state index is 4.42. The number of anilines is 1. The standard InChI is InChI=1S/C12H17N.C11H12N2/c1-8-6-11-5-4-10(3)13-12(11)7-9(8)2;1-7-4-10-11(5-8(7)2)13-9(3)6-12-10/h6-7,10,13H,4-5H2,1-3H3;4-6H,1-3H3/t10-;/m0./s1. The Balaban J connectivity index is 0.000000151. The number of hydrogen-bond donors (Lipinski definition) is 1. The lowest BCUT2D eigenvalue weighted by molar-refractivity contribution is 0.680. The number of aromatic nitrogens is 2. The predicted octanol–water partition coefficient (Wildman–Crippen LogP) is 5.61. The summed E-state index contributed by atoms with van der Waals surface area (Å²) in [6.07, 6.45) is 4.29. The van der Waals surface area contributed by atoms with Gasteiger partial charge in [0.2, 0.25) is 0 Å². The van der Waals surface area contributed by atoms with E-state index in [1.807, 2.05) is 6.92 Å². The van der Waals surface area contributed by atoms with Crippen molar-refractivity contribution in [2.24, 2.45) is 0 Å². The lowest BCUT2D eigenvalue weighted by Crippen LogP contribution is -2.22. The number of benzene rings is 2. The maximum Gasteiger partial charge on any atom is 0.0892 e. The Kier molecular flexibility index (Phi) is 5.26. The van der Waals surface area contributed by atoms with E-state index in [0.717, 1.165) is 16.7 Å². The molecule has 4 rings (SSSR count). The summed E-state index contributed by atoms with van der Waals surface area (Å²) in [5, 5.41) is 3.53. The lowest BCUT2D eigenvalue weighted by Gasteiger charge is -2.25. The number of hydrogen-bond acceptors (Lipinski definition) is 3. The number of nitrogens with zero attached hydrogens (tertiary/aromatic N) is 2. The van der Waals surface area contributed by atoms with Crippen molar-refractivity contribution in [3.05, 3.63) is 64.0 Å². The van der Waals surface area contributed by atoms with Crippen LogP contribution in [0.5, 0.6) is 0 Å². The molecule has 1 aliphatic rings. The summed E-state index contributed by atoms with van der Waals surface area (Å²) >= 11 is 0. The topological polar surface area (TPSA) is 37.8 Å². The first-order valence-corrected chi connectivity index (χ1v) is 9.40. The Morgan fingerprint density at radius 2 is 1.46 bits per heavy atom. The van der Waals surface area contributed by atoms with Crippen LogP contribution in [-0.4, -0.2) is 16.0 Å². The molecule has 0 saturated heterocycles. The molecule has 1 aliphatic heterocycles. The molecule has 3 aromatic rings. The minimum Gasteiger partial charge on any atom is -0.382 e. The van der Waals surface area contributed by atoms with Gasteiger partial charge in [0.1, 0.15) is 0 Å². The molecule has 1 atom stereocenters. The third-order valence-electron chi connectivity index (χ3n) is 5.25. The van der Waals surface area contributed by atoms with E-state index in [-0.39, 0.29) is 0 Å². The van der Waals surface area contributed by atoms with Crippen LogP contribution in [0.2, 0.25) is 0 Å². The van der Waals surface area contributed by atoms with Crippen molar-refractivity contribution < 1.29 is 0 Å². The summed E-state index contributed by atoms with van der Waals surface area (Å²) in [5.74, 6) is 0. The smallest absolute Gasteiger partial charge is 0.0892 e. The van der Waals surface area contributed by atoms with Crippen molar-refractivity contribution in [3.63, 3.8) is 0 Å². The summed E-state index contributed by atoms with van der Waals surface area (Å²) in [6, 6.07) is 9.40. The van der Waals surface area contributed by atoms with Crippen LogP contribution in [0.15, 0.2) is 30.5 Å². The van der Waals surface area contributed by atoms with E-state index in [0.29, 0.717) is 6.04 Å². The molecule has 1 N–H and O–H groups in total. The first-order chi connectivity index (χ1) is 12.3. The van der Waals surface area contributed by atoms with Gasteiger partial charge in [-0.25, -0.2) is 4.98 Å². The van der Waals surface area contributed by atoms with Crippen LogP contribution >= 0.6 is 0 Å². The van der Waals surface area contributed by atoms with Crippen LogP contribution < -0.4 is 5.32 Å². The zero-order chi connectivity index (χ0) is 18.8. The van der Waals surface area contributed by atoms with Gasteiger partial charge in [-0.2, -0.15) is 0 Å². The molecule has 0 unspecified atom stereocenters. The fourth-order valence-corrected chi connectivity index (χ4v) is 3.29. The monoisotopic (exact) mass is 347 g/mol. The zero-order valence-corrected chi connectivity index (χ0v) is 16.8. The van der Waals surface area contributed by atoms with Crippen molar-refractivity contribution in [2.75, 3.05) is 5.32 Å². The molecule has 26 heavy (non-hydrogen) atoms. The molecular formula is C23H29N3. The Labute approximate surface area is 156 Å². The maximum atomic E-state index is 4.42. The average Bonchev–Trinajstić information content (AvgIpc) is 2.58. The van der Waals surface area contributed by atoms with Crippen molar-refractivity contribution in [3.8, 4) is 0 Å². The fourth-order valence-electron chi connectivity index (χ4n) is 3.29. The van der Waals surface area contributed by atoms with E-state index in [1.165, 1.54) is 46.3 Å². The largest absolute Gasteiger partial charge is 0.382 e. The lowest BCUT2D eigenvalue weighted by atomic mass is 9.95. The van der Waals surface area contributed by atoms with E-state index in [2.05, 4.69) is 74.2 Å². The molecule has 0 radical (unpaired) electrons. The molecule has 0 amide bonds. The van der Waals surface area contributed by atoms with Crippen LogP contribution in [-0.2, 0) is 6.42 Å². The van der Waals surface area contributed by atoms with Gasteiger partial charge in [-0.05, 0) is 100 Å². The molecule has 136 valence electrons. The van der Waals surface area contributed by atoms with Gasteiger partial charge >= 0.3 is 0 Å². The second kappa shape index (κ2) is 7.45. The van der Waals surface area contributed by atoms with E-state index in [9.17, 15) is 0 Å². The number of fused-ring (bicyclic) bond motifs is 2. The predicted molar refractivity (Wildman–Crippen MR) is 111 cm³/mol. The number of rotatable bonds is 0. The average molecular weight is 348 g/mol. The number of aryl methyl sites for hydroxylation is 6. The SMILES string of the molecule is Cc1cc2c(cc1C)N[C@@H](C)CC2.Cc1cnc2cc(C)c(C)cc2n1. The Morgan fingerprint density at radius 1 is 0.846 bits per heavy atom. The highest BCUT2D eigenvalue weighted by molar-refractivity contribution is 5.76. The highest BCUT2D eigenvalue weighted by Gasteiger charge is 2.14. The molecule has 3 heteroatoms. The van der Waals surface area contributed by atoms with Crippen LogP contribution in [0.1, 0.15) is 46.9 Å². The molecule has 2 aromatic carbocycles. The molecule has 0 bridgehead atoms. The van der Waals surface area contributed by atoms with Crippen LogP contribution in [0, 0.1) is 34.6 Å². The van der Waals surface area contributed by atoms with E-state index in [1.54, 1.807) is 6.20 Å². The Morgan fingerprint density at radius 3 is 2.19 bits per heavy atom. The van der Waals surface area contributed by atoms with E-state index >= 15 is 0 Å². The molecular weight excluding hydrogens is 318 g/mol. The second-order valence-electron chi connectivity index (χ2n) is 7.61. The minimum atomic E-state index is 0.634. The van der Waals surface area contributed by atoms with Gasteiger partial charge < -0.3 is 5.32 Å². The summed E-state index contributed by atoms with van der Waals surface area (Å²) < 4.78 is 0. The zero-order valence-electron chi connectivity index (χ0n) is 16.8. The van der Waals surface area contributed by atoms with Gasteiger partial charge in [-0.15, -0.1) is 0 Å². The van der Waals surface area contributed by atoms with Gasteiger partial charge in [0, 0.05) is 17.9 Å². The van der Waals surface area contributed by atoms with E-state index in [4.69, 9.17) is 0 Å². The normalized spacial score (nSPS) is 15.7. The molecule has 0 fully saturated rings. The first kappa shape index (κ1) is 18.4.